The molecule has 16 heavy (non-hydrogen) atoms. The lowest BCUT2D eigenvalue weighted by atomic mass is 10.2. The third kappa shape index (κ3) is 3.24. The van der Waals surface area contributed by atoms with Crippen molar-refractivity contribution in [1.29, 1.82) is 0 Å². The van der Waals surface area contributed by atoms with Crippen molar-refractivity contribution in [3.63, 3.8) is 0 Å². The predicted molar refractivity (Wildman–Crippen MR) is 63.5 cm³/mol. The van der Waals surface area contributed by atoms with Crippen LogP contribution in [-0.4, -0.2) is 18.4 Å². The molecule has 0 unspecified atom stereocenters. The molecule has 86 valence electrons. The molecule has 1 rings (SSSR count). The van der Waals surface area contributed by atoms with Gasteiger partial charge in [-0.25, -0.2) is 0 Å². The van der Waals surface area contributed by atoms with E-state index in [1.165, 1.54) is 0 Å². The van der Waals surface area contributed by atoms with E-state index in [-0.39, 0.29) is 0 Å². The van der Waals surface area contributed by atoms with E-state index in [9.17, 15) is 9.59 Å². The highest BCUT2D eigenvalue weighted by Gasteiger charge is 2.13. The van der Waals surface area contributed by atoms with Crippen LogP contribution in [0.5, 0.6) is 0 Å². The molecule has 0 bridgehead atoms. The maximum atomic E-state index is 11.4. The van der Waals surface area contributed by atoms with Crippen LogP contribution in [0, 0.1) is 6.92 Å². The van der Waals surface area contributed by atoms with E-state index in [0.29, 0.717) is 17.3 Å². The topological polar surface area (TPSA) is 58.2 Å². The highest BCUT2D eigenvalue weighted by atomic mass is 35.5. The second-order valence-electron chi connectivity index (χ2n) is 3.27. The van der Waals surface area contributed by atoms with Crippen LogP contribution in [0.25, 0.3) is 0 Å². The minimum atomic E-state index is -0.688. The first kappa shape index (κ1) is 12.5. The molecule has 0 heterocycles. The van der Waals surface area contributed by atoms with E-state index < -0.39 is 11.8 Å². The van der Waals surface area contributed by atoms with E-state index in [2.05, 4.69) is 10.6 Å². The van der Waals surface area contributed by atoms with Crippen molar-refractivity contribution < 1.29 is 9.59 Å². The molecule has 4 nitrogen and oxygen atoms in total. The quantitative estimate of drug-likeness (QED) is 0.774. The fraction of sp³-hybridized carbons (Fsp3) is 0.273. The van der Waals surface area contributed by atoms with Gasteiger partial charge in [0.25, 0.3) is 0 Å². The van der Waals surface area contributed by atoms with Crippen molar-refractivity contribution in [3.8, 4) is 0 Å². The lowest BCUT2D eigenvalue weighted by Crippen LogP contribution is -2.35. The first-order valence-electron chi connectivity index (χ1n) is 4.90. The summed E-state index contributed by atoms with van der Waals surface area (Å²) in [5.41, 5.74) is 1.39. The number of likely N-dealkylation sites (N-methyl/N-ethyl adjacent to an activating group) is 1. The lowest BCUT2D eigenvalue weighted by Gasteiger charge is -2.08. The number of benzene rings is 1. The molecule has 0 fully saturated rings. The third-order valence-corrected chi connectivity index (χ3v) is 2.23. The Morgan fingerprint density at radius 1 is 1.31 bits per heavy atom. The van der Waals surface area contributed by atoms with Crippen LogP contribution in [0.1, 0.15) is 12.5 Å². The molecule has 2 N–H and O–H groups in total. The number of aryl methyl sites for hydroxylation is 1. The van der Waals surface area contributed by atoms with Crippen LogP contribution in [0.2, 0.25) is 5.02 Å². The molecule has 1 aromatic carbocycles. The summed E-state index contributed by atoms with van der Waals surface area (Å²) in [5, 5.41) is 5.43. The van der Waals surface area contributed by atoms with Gasteiger partial charge in [0.1, 0.15) is 0 Å². The standard InChI is InChI=1S/C11H13ClN2O2/c1-3-13-10(15)11(16)14-9-6-8(12)5-4-7(9)2/h4-6H,3H2,1-2H3,(H,13,15)(H,14,16). The first-order chi connectivity index (χ1) is 7.54. The zero-order valence-electron chi connectivity index (χ0n) is 9.13. The number of rotatable bonds is 2. The summed E-state index contributed by atoms with van der Waals surface area (Å²) in [6.45, 7) is 3.99. The monoisotopic (exact) mass is 240 g/mol. The van der Waals surface area contributed by atoms with E-state index >= 15 is 0 Å². The second kappa shape index (κ2) is 5.51. The molecule has 0 aliphatic heterocycles. The summed E-state index contributed by atoms with van der Waals surface area (Å²) < 4.78 is 0. The first-order valence-corrected chi connectivity index (χ1v) is 5.27. The molecule has 0 spiro atoms. The molecule has 0 aliphatic rings. The van der Waals surface area contributed by atoms with Crippen LogP contribution < -0.4 is 10.6 Å². The normalized spacial score (nSPS) is 9.69. The van der Waals surface area contributed by atoms with Gasteiger partial charge in [-0.15, -0.1) is 0 Å². The fourth-order valence-corrected chi connectivity index (χ4v) is 1.32. The average Bonchev–Trinajstić information content (AvgIpc) is 2.23. The van der Waals surface area contributed by atoms with Gasteiger partial charge in [0.15, 0.2) is 0 Å². The summed E-state index contributed by atoms with van der Waals surface area (Å²) in [6.07, 6.45) is 0. The van der Waals surface area contributed by atoms with Gasteiger partial charge in [-0.2, -0.15) is 0 Å². The van der Waals surface area contributed by atoms with E-state index in [1.807, 2.05) is 6.92 Å². The number of anilines is 1. The minimum absolute atomic E-state index is 0.417. The Morgan fingerprint density at radius 3 is 2.62 bits per heavy atom. The number of halogens is 1. The van der Waals surface area contributed by atoms with Crippen molar-refractivity contribution >= 4 is 29.1 Å². The molecule has 0 aliphatic carbocycles. The van der Waals surface area contributed by atoms with Gasteiger partial charge < -0.3 is 10.6 Å². The van der Waals surface area contributed by atoms with Crippen LogP contribution in [0.15, 0.2) is 18.2 Å². The van der Waals surface area contributed by atoms with Gasteiger partial charge in [-0.05, 0) is 31.5 Å². The van der Waals surface area contributed by atoms with Crippen LogP contribution >= 0.6 is 11.6 Å². The van der Waals surface area contributed by atoms with Gasteiger partial charge in [0.05, 0.1) is 0 Å². The largest absolute Gasteiger partial charge is 0.348 e. The van der Waals surface area contributed by atoms with Gasteiger partial charge in [-0.1, -0.05) is 17.7 Å². The number of hydrogen-bond acceptors (Lipinski definition) is 2. The highest BCUT2D eigenvalue weighted by molar-refractivity contribution is 6.40. The molecule has 0 saturated carbocycles. The van der Waals surface area contributed by atoms with Gasteiger partial charge in [0.2, 0.25) is 0 Å². The van der Waals surface area contributed by atoms with E-state index in [1.54, 1.807) is 25.1 Å². The number of carbonyl (C=O) groups is 2. The van der Waals surface area contributed by atoms with Gasteiger partial charge in [0, 0.05) is 17.3 Å². The molecule has 2 amide bonds. The van der Waals surface area contributed by atoms with Crippen molar-refractivity contribution in [2.24, 2.45) is 0 Å². The number of amides is 2. The van der Waals surface area contributed by atoms with Crippen LogP contribution in [0.3, 0.4) is 0 Å². The zero-order chi connectivity index (χ0) is 12.1. The Hall–Kier alpha value is -1.55. The smallest absolute Gasteiger partial charge is 0.313 e. The molecule has 0 radical (unpaired) electrons. The number of hydrogen-bond donors (Lipinski definition) is 2. The van der Waals surface area contributed by atoms with E-state index in [4.69, 9.17) is 11.6 Å². The van der Waals surface area contributed by atoms with Gasteiger partial charge >= 0.3 is 11.8 Å². The van der Waals surface area contributed by atoms with Gasteiger partial charge in [-0.3, -0.25) is 9.59 Å². The summed E-state index contributed by atoms with van der Waals surface area (Å²) in [7, 11) is 0. The molecule has 0 saturated heterocycles. The Balaban J connectivity index is 2.76. The summed E-state index contributed by atoms with van der Waals surface area (Å²) >= 11 is 5.79. The Kier molecular flexibility index (Phi) is 4.31. The molecule has 1 aromatic rings. The average molecular weight is 241 g/mol. The summed E-state index contributed by atoms with van der Waals surface area (Å²) in [4.78, 5) is 22.6. The zero-order valence-corrected chi connectivity index (χ0v) is 9.89. The number of nitrogens with one attached hydrogen (secondary N) is 2. The maximum Gasteiger partial charge on any atom is 0.313 e. The van der Waals surface area contributed by atoms with Crippen molar-refractivity contribution in [2.75, 3.05) is 11.9 Å². The summed E-state index contributed by atoms with van der Waals surface area (Å²) in [5.74, 6) is -1.34. The fourth-order valence-electron chi connectivity index (χ4n) is 1.15. The molecule has 0 atom stereocenters. The number of carbonyl (C=O) groups excluding carboxylic acids is 2. The van der Waals surface area contributed by atoms with Crippen molar-refractivity contribution in [1.82, 2.24) is 5.32 Å². The van der Waals surface area contributed by atoms with Crippen LogP contribution in [-0.2, 0) is 9.59 Å². The molecule has 0 aromatic heterocycles. The Labute approximate surface area is 99.0 Å². The SMILES string of the molecule is CCNC(=O)C(=O)Nc1cc(Cl)ccc1C. The minimum Gasteiger partial charge on any atom is -0.348 e. The third-order valence-electron chi connectivity index (χ3n) is 1.99. The van der Waals surface area contributed by atoms with Crippen molar-refractivity contribution in [2.45, 2.75) is 13.8 Å². The Morgan fingerprint density at radius 2 is 2.00 bits per heavy atom. The molecular formula is C11H13ClN2O2. The lowest BCUT2D eigenvalue weighted by molar-refractivity contribution is -0.136. The van der Waals surface area contributed by atoms with E-state index in [0.717, 1.165) is 5.56 Å². The highest BCUT2D eigenvalue weighted by Crippen LogP contribution is 2.19. The van der Waals surface area contributed by atoms with Crippen LogP contribution in [0.4, 0.5) is 5.69 Å². The maximum absolute atomic E-state index is 11.4. The molecular weight excluding hydrogens is 228 g/mol. The summed E-state index contributed by atoms with van der Waals surface area (Å²) in [6, 6.07) is 5.10. The second-order valence-corrected chi connectivity index (χ2v) is 3.71. The predicted octanol–water partition coefficient (Wildman–Crippen LogP) is 1.72. The molecule has 5 heteroatoms. The Bertz CT molecular complexity index is 418. The van der Waals surface area contributed by atoms with Crippen molar-refractivity contribution in [3.05, 3.63) is 28.8 Å².